The first-order valence-electron chi connectivity index (χ1n) is 12.9. The summed E-state index contributed by atoms with van der Waals surface area (Å²) in [6.45, 7) is 0. The van der Waals surface area contributed by atoms with Gasteiger partial charge < -0.3 is 15.7 Å². The zero-order valence-corrected chi connectivity index (χ0v) is 22.8. The largest absolute Gasteiger partial charge is 0.416 e. The molecule has 0 radical (unpaired) electrons. The average molecular weight is 619 g/mol. The van der Waals surface area contributed by atoms with Crippen molar-refractivity contribution in [2.45, 2.75) is 31.2 Å². The van der Waals surface area contributed by atoms with Gasteiger partial charge in [-0.05, 0) is 48.9 Å². The number of hydrogen-bond donors (Lipinski definition) is 3. The van der Waals surface area contributed by atoms with Crippen molar-refractivity contribution in [2.75, 3.05) is 5.32 Å². The van der Waals surface area contributed by atoms with Crippen molar-refractivity contribution < 1.29 is 41.4 Å². The Morgan fingerprint density at radius 2 is 1.88 bits per heavy atom. The van der Waals surface area contributed by atoms with Crippen LogP contribution in [0.5, 0.6) is 0 Å². The molecule has 1 fully saturated rings. The van der Waals surface area contributed by atoms with E-state index in [4.69, 9.17) is 11.6 Å². The topological polar surface area (TPSA) is 113 Å². The van der Waals surface area contributed by atoms with Crippen LogP contribution in [-0.2, 0) is 18.0 Å². The van der Waals surface area contributed by atoms with E-state index >= 15 is 0 Å². The SMILES string of the molecule is Cn1nc2c3c(c(NC(=O)c4cc(F)cc(C(F)(F)F)c4)cc2c1C(O)C1CCC1=O)C(c1cc(F)ccc1Cl)NC3=O. The molecule has 4 aromatic rings. The van der Waals surface area contributed by atoms with Gasteiger partial charge in [0.1, 0.15) is 29.0 Å². The van der Waals surface area contributed by atoms with Gasteiger partial charge in [0.25, 0.3) is 11.8 Å². The molecule has 3 aromatic carbocycles. The van der Waals surface area contributed by atoms with Crippen LogP contribution < -0.4 is 10.6 Å². The minimum Gasteiger partial charge on any atom is -0.386 e. The first-order chi connectivity index (χ1) is 20.2. The monoisotopic (exact) mass is 618 g/mol. The number of Topliss-reactive ketones (excluding diaryl/α,β-unsaturated/α-hetero) is 1. The van der Waals surface area contributed by atoms with Gasteiger partial charge in [0.2, 0.25) is 0 Å². The molecule has 1 aliphatic heterocycles. The first-order valence-corrected chi connectivity index (χ1v) is 13.3. The van der Waals surface area contributed by atoms with Crippen molar-refractivity contribution >= 4 is 45.8 Å². The summed E-state index contributed by atoms with van der Waals surface area (Å²) < 4.78 is 69.8. The number of carbonyl (C=O) groups is 3. The van der Waals surface area contributed by atoms with Crippen molar-refractivity contribution in [1.82, 2.24) is 15.1 Å². The fraction of sp³-hybridized carbons (Fsp3) is 0.241. The normalized spacial score (nSPS) is 18.8. The quantitative estimate of drug-likeness (QED) is 0.251. The summed E-state index contributed by atoms with van der Waals surface area (Å²) in [6.07, 6.45) is -5.54. The lowest BCUT2D eigenvalue weighted by Gasteiger charge is -2.29. The number of rotatable bonds is 5. The number of aliphatic hydroxyl groups excluding tert-OH is 1. The third-order valence-electron chi connectivity index (χ3n) is 7.79. The van der Waals surface area contributed by atoms with Gasteiger partial charge in [0.05, 0.1) is 22.9 Å². The highest BCUT2D eigenvalue weighted by atomic mass is 35.5. The predicted molar refractivity (Wildman–Crippen MR) is 143 cm³/mol. The summed E-state index contributed by atoms with van der Waals surface area (Å²) in [7, 11) is 1.49. The lowest BCUT2D eigenvalue weighted by Crippen LogP contribution is -2.32. The summed E-state index contributed by atoms with van der Waals surface area (Å²) in [6, 6.07) is 5.01. The smallest absolute Gasteiger partial charge is 0.386 e. The number of alkyl halides is 3. The molecule has 222 valence electrons. The first kappa shape index (κ1) is 28.7. The number of aromatic nitrogens is 2. The Kier molecular flexibility index (Phi) is 6.77. The molecule has 1 saturated carbocycles. The number of carbonyl (C=O) groups excluding carboxylic acids is 3. The van der Waals surface area contributed by atoms with Gasteiger partial charge in [-0.3, -0.25) is 19.1 Å². The summed E-state index contributed by atoms with van der Waals surface area (Å²) in [5, 5.41) is 20.9. The molecule has 1 aromatic heterocycles. The maximum atomic E-state index is 14.3. The fourth-order valence-corrected chi connectivity index (χ4v) is 5.85. The maximum Gasteiger partial charge on any atom is 0.416 e. The van der Waals surface area contributed by atoms with Crippen molar-refractivity contribution in [2.24, 2.45) is 13.0 Å². The van der Waals surface area contributed by atoms with Crippen LogP contribution in [0, 0.1) is 17.6 Å². The van der Waals surface area contributed by atoms with Crippen molar-refractivity contribution in [3.8, 4) is 0 Å². The molecule has 2 aliphatic rings. The molecule has 1 aliphatic carbocycles. The number of aryl methyl sites for hydroxylation is 1. The highest BCUT2D eigenvalue weighted by Gasteiger charge is 2.41. The second kappa shape index (κ2) is 10.1. The number of hydrogen-bond acceptors (Lipinski definition) is 5. The highest BCUT2D eigenvalue weighted by molar-refractivity contribution is 6.31. The number of anilines is 1. The van der Waals surface area contributed by atoms with Gasteiger partial charge in [-0.1, -0.05) is 11.6 Å². The molecule has 6 rings (SSSR count). The molecule has 43 heavy (non-hydrogen) atoms. The second-order valence-electron chi connectivity index (χ2n) is 10.4. The van der Waals surface area contributed by atoms with Crippen molar-refractivity contribution in [3.05, 3.63) is 92.6 Å². The molecule has 3 atom stereocenters. The third kappa shape index (κ3) is 4.82. The molecule has 2 heterocycles. The van der Waals surface area contributed by atoms with Crippen LogP contribution in [0.3, 0.4) is 0 Å². The Hall–Kier alpha value is -4.36. The third-order valence-corrected chi connectivity index (χ3v) is 8.13. The van der Waals surface area contributed by atoms with Crippen LogP contribution in [-0.4, -0.2) is 32.5 Å². The zero-order chi connectivity index (χ0) is 31.0. The van der Waals surface area contributed by atoms with Gasteiger partial charge in [-0.15, -0.1) is 0 Å². The Morgan fingerprint density at radius 3 is 2.53 bits per heavy atom. The molecule has 3 unspecified atom stereocenters. The van der Waals surface area contributed by atoms with E-state index in [1.807, 2.05) is 0 Å². The van der Waals surface area contributed by atoms with Crippen LogP contribution >= 0.6 is 11.6 Å². The summed E-state index contributed by atoms with van der Waals surface area (Å²) >= 11 is 6.34. The van der Waals surface area contributed by atoms with Crippen molar-refractivity contribution in [1.29, 1.82) is 0 Å². The van der Waals surface area contributed by atoms with E-state index < -0.39 is 58.8 Å². The summed E-state index contributed by atoms with van der Waals surface area (Å²) in [5.41, 5.74) is -1.79. The van der Waals surface area contributed by atoms with Crippen LogP contribution in [0.1, 0.15) is 68.1 Å². The number of aliphatic hydroxyl groups is 1. The lowest BCUT2D eigenvalue weighted by atomic mass is 9.78. The van der Waals surface area contributed by atoms with E-state index in [1.54, 1.807) is 0 Å². The average Bonchev–Trinajstić information content (AvgIpc) is 3.44. The Morgan fingerprint density at radius 1 is 1.14 bits per heavy atom. The molecule has 3 N–H and O–H groups in total. The summed E-state index contributed by atoms with van der Waals surface area (Å²) in [4.78, 5) is 38.9. The standard InChI is InChI=1S/C29H20ClF5N4O4/c1-39-25(26(41)15-3-5-20(15)40)17-10-19(36-27(42)11-6-12(29(33,34)35)8-14(32)7-11)21-22(24(17)38-39)28(43)37-23(21)16-9-13(31)2-4-18(16)30/h2,4,6-10,15,23,26,41H,3,5H2,1H3,(H,36,42)(H,37,43). The maximum absolute atomic E-state index is 14.3. The molecular weight excluding hydrogens is 599 g/mol. The van der Waals surface area contributed by atoms with E-state index in [-0.39, 0.29) is 55.8 Å². The molecule has 8 nitrogen and oxygen atoms in total. The number of amides is 2. The van der Waals surface area contributed by atoms with Gasteiger partial charge in [0.15, 0.2) is 0 Å². The van der Waals surface area contributed by atoms with E-state index in [0.29, 0.717) is 25.0 Å². The van der Waals surface area contributed by atoms with Crippen LogP contribution in [0.15, 0.2) is 42.5 Å². The van der Waals surface area contributed by atoms with Crippen molar-refractivity contribution in [3.63, 3.8) is 0 Å². The Bertz CT molecular complexity index is 1870. The minimum absolute atomic E-state index is 0.0671. The number of nitrogens with zero attached hydrogens (tertiary/aromatic N) is 2. The Balaban J connectivity index is 1.56. The van der Waals surface area contributed by atoms with E-state index in [2.05, 4.69) is 15.7 Å². The number of halogens is 6. The number of benzene rings is 3. The Labute approximate surface area is 244 Å². The van der Waals surface area contributed by atoms with E-state index in [9.17, 15) is 41.4 Å². The molecule has 0 spiro atoms. The number of fused-ring (bicyclic) bond motifs is 3. The van der Waals surface area contributed by atoms with E-state index in [0.717, 1.165) is 12.1 Å². The van der Waals surface area contributed by atoms with Crippen LogP contribution in [0.4, 0.5) is 27.6 Å². The van der Waals surface area contributed by atoms with Crippen LogP contribution in [0.25, 0.3) is 10.9 Å². The van der Waals surface area contributed by atoms with Gasteiger partial charge in [-0.25, -0.2) is 8.78 Å². The molecule has 14 heteroatoms. The van der Waals surface area contributed by atoms with Crippen LogP contribution in [0.2, 0.25) is 5.02 Å². The predicted octanol–water partition coefficient (Wildman–Crippen LogP) is 5.62. The molecular formula is C29H20ClF5N4O4. The number of nitrogens with one attached hydrogen (secondary N) is 2. The zero-order valence-electron chi connectivity index (χ0n) is 22.0. The molecule has 0 bridgehead atoms. The fourth-order valence-electron chi connectivity index (χ4n) is 5.63. The number of ketones is 1. The second-order valence-corrected chi connectivity index (χ2v) is 10.8. The molecule has 0 saturated heterocycles. The molecule has 2 amide bonds. The van der Waals surface area contributed by atoms with Gasteiger partial charge >= 0.3 is 6.18 Å². The highest BCUT2D eigenvalue weighted by Crippen LogP contribution is 2.45. The lowest BCUT2D eigenvalue weighted by molar-refractivity contribution is -0.138. The van der Waals surface area contributed by atoms with E-state index in [1.165, 1.54) is 23.9 Å². The van der Waals surface area contributed by atoms with Gasteiger partial charge in [0, 0.05) is 52.2 Å². The van der Waals surface area contributed by atoms with Gasteiger partial charge in [-0.2, -0.15) is 18.3 Å². The summed E-state index contributed by atoms with van der Waals surface area (Å²) in [5.74, 6) is -4.70. The minimum atomic E-state index is -4.94.